The summed E-state index contributed by atoms with van der Waals surface area (Å²) >= 11 is 0. The molecule has 2 aromatic rings. The van der Waals surface area contributed by atoms with Gasteiger partial charge in [-0.3, -0.25) is 9.59 Å². The number of rotatable bonds is 8. The number of allylic oxidation sites excluding steroid dienone is 1. The molecular formula is C22H24N2O5. The molecular weight excluding hydrogens is 372 g/mol. The first kappa shape index (κ1) is 20.3. The number of phenolic OH excluding ortho intramolecular Hbond substituents is 1. The molecule has 0 saturated heterocycles. The van der Waals surface area contributed by atoms with Gasteiger partial charge in [0, 0.05) is 11.1 Å². The second kappa shape index (κ2) is 9.64. The summed E-state index contributed by atoms with van der Waals surface area (Å²) in [6, 6.07) is 11.2. The molecule has 0 saturated carbocycles. The van der Waals surface area contributed by atoms with E-state index < -0.39 is 5.91 Å². The number of carbonyl (C=O) groups is 2. The number of hydrogen-bond donors (Lipinski definition) is 3. The predicted octanol–water partition coefficient (Wildman–Crippen LogP) is 2.79. The van der Waals surface area contributed by atoms with Gasteiger partial charge in [-0.15, -0.1) is 0 Å². The highest BCUT2D eigenvalue weighted by molar-refractivity contribution is 5.94. The normalized spacial score (nSPS) is 15.5. The quantitative estimate of drug-likeness (QED) is 0.469. The summed E-state index contributed by atoms with van der Waals surface area (Å²) in [4.78, 5) is 23.3. The zero-order chi connectivity index (χ0) is 20.6. The van der Waals surface area contributed by atoms with Crippen LogP contribution >= 0.6 is 0 Å². The average Bonchev–Trinajstić information content (AvgIpc) is 2.73. The third kappa shape index (κ3) is 5.75. The smallest absolute Gasteiger partial charge is 0.251 e. The lowest BCUT2D eigenvalue weighted by molar-refractivity contribution is 0.0945. The number of nitrogens with one attached hydrogen (secondary N) is 1. The van der Waals surface area contributed by atoms with Crippen LogP contribution in [0.5, 0.6) is 17.2 Å². The van der Waals surface area contributed by atoms with Gasteiger partial charge in [-0.1, -0.05) is 6.08 Å². The van der Waals surface area contributed by atoms with Crippen LogP contribution < -0.4 is 20.5 Å². The molecule has 0 aromatic heterocycles. The van der Waals surface area contributed by atoms with Crippen molar-refractivity contribution in [1.82, 2.24) is 5.32 Å². The summed E-state index contributed by atoms with van der Waals surface area (Å²) < 4.78 is 11.3. The molecule has 1 unspecified atom stereocenters. The number of carbonyl (C=O) groups excluding carboxylic acids is 2. The van der Waals surface area contributed by atoms with E-state index in [0.717, 1.165) is 25.0 Å². The third-order valence-electron chi connectivity index (χ3n) is 4.50. The zero-order valence-electron chi connectivity index (χ0n) is 16.0. The standard InChI is InChI=1S/C22H24N2O5/c23-21(26)16-8-11-20(19(25)14-16)28-13-12-24-22(27)15-6-9-18(10-7-15)29-17-4-2-1-3-5-17/h2,4,6-11,14,17,25H,1,3,5,12-13H2,(H2,23,26)(H,24,27). The first-order valence-corrected chi connectivity index (χ1v) is 9.50. The Labute approximate surface area is 169 Å². The minimum Gasteiger partial charge on any atom is -0.504 e. The van der Waals surface area contributed by atoms with Crippen LogP contribution in [-0.4, -0.2) is 36.2 Å². The Kier molecular flexibility index (Phi) is 6.73. The minimum absolute atomic E-state index is 0.0917. The largest absolute Gasteiger partial charge is 0.504 e. The Morgan fingerprint density at radius 3 is 2.55 bits per heavy atom. The van der Waals surface area contributed by atoms with Gasteiger partial charge in [0.05, 0.1) is 6.54 Å². The van der Waals surface area contributed by atoms with Crippen molar-refractivity contribution in [2.45, 2.75) is 25.4 Å². The topological polar surface area (TPSA) is 111 Å². The summed E-state index contributed by atoms with van der Waals surface area (Å²) in [5.41, 5.74) is 5.86. The maximum absolute atomic E-state index is 12.2. The van der Waals surface area contributed by atoms with Crippen LogP contribution in [-0.2, 0) is 0 Å². The monoisotopic (exact) mass is 396 g/mol. The predicted molar refractivity (Wildman–Crippen MR) is 108 cm³/mol. The number of phenols is 1. The molecule has 2 aromatic carbocycles. The number of hydrogen-bond acceptors (Lipinski definition) is 5. The highest BCUT2D eigenvalue weighted by Crippen LogP contribution is 2.26. The van der Waals surface area contributed by atoms with Crippen molar-refractivity contribution in [2.24, 2.45) is 5.73 Å². The van der Waals surface area contributed by atoms with Crippen LogP contribution in [0.1, 0.15) is 40.0 Å². The van der Waals surface area contributed by atoms with Gasteiger partial charge in [0.1, 0.15) is 18.5 Å². The average molecular weight is 396 g/mol. The minimum atomic E-state index is -0.634. The third-order valence-corrected chi connectivity index (χ3v) is 4.50. The fourth-order valence-corrected chi connectivity index (χ4v) is 2.96. The number of nitrogens with two attached hydrogens (primary N) is 1. The Morgan fingerprint density at radius 1 is 1.14 bits per heavy atom. The van der Waals surface area contributed by atoms with E-state index in [-0.39, 0.29) is 42.2 Å². The Morgan fingerprint density at radius 2 is 1.90 bits per heavy atom. The van der Waals surface area contributed by atoms with E-state index in [0.29, 0.717) is 5.56 Å². The lowest BCUT2D eigenvalue weighted by Crippen LogP contribution is -2.28. The molecule has 1 aliphatic rings. The van der Waals surface area contributed by atoms with Gasteiger partial charge in [-0.05, 0) is 67.8 Å². The van der Waals surface area contributed by atoms with Crippen LogP contribution in [0.15, 0.2) is 54.6 Å². The molecule has 3 rings (SSSR count). The van der Waals surface area contributed by atoms with E-state index in [1.165, 1.54) is 18.2 Å². The zero-order valence-corrected chi connectivity index (χ0v) is 16.0. The van der Waals surface area contributed by atoms with Gasteiger partial charge < -0.3 is 25.6 Å². The maximum atomic E-state index is 12.2. The Bertz CT molecular complexity index is 893. The summed E-state index contributed by atoms with van der Waals surface area (Å²) in [6.45, 7) is 0.408. The number of primary amides is 1. The number of ether oxygens (including phenoxy) is 2. The molecule has 7 heteroatoms. The van der Waals surface area contributed by atoms with Crippen LogP contribution in [0, 0.1) is 0 Å². The molecule has 2 amide bonds. The second-order valence-corrected chi connectivity index (χ2v) is 6.69. The van der Waals surface area contributed by atoms with Gasteiger partial charge in [0.25, 0.3) is 5.91 Å². The molecule has 29 heavy (non-hydrogen) atoms. The summed E-state index contributed by atoms with van der Waals surface area (Å²) in [6.07, 6.45) is 7.51. The molecule has 0 aliphatic heterocycles. The summed E-state index contributed by atoms with van der Waals surface area (Å²) in [5, 5.41) is 12.6. The van der Waals surface area contributed by atoms with Crippen molar-refractivity contribution < 1.29 is 24.2 Å². The first-order chi connectivity index (χ1) is 14.0. The van der Waals surface area contributed by atoms with E-state index in [9.17, 15) is 14.7 Å². The molecule has 7 nitrogen and oxygen atoms in total. The summed E-state index contributed by atoms with van der Waals surface area (Å²) in [5.74, 6) is -0.105. The van der Waals surface area contributed by atoms with E-state index in [2.05, 4.69) is 17.5 Å². The van der Waals surface area contributed by atoms with E-state index in [1.807, 2.05) is 0 Å². The molecule has 0 spiro atoms. The molecule has 0 bridgehead atoms. The summed E-state index contributed by atoms with van der Waals surface area (Å²) in [7, 11) is 0. The maximum Gasteiger partial charge on any atom is 0.251 e. The second-order valence-electron chi connectivity index (χ2n) is 6.69. The Balaban J connectivity index is 1.44. The fraction of sp³-hybridized carbons (Fsp3) is 0.273. The number of amides is 2. The van der Waals surface area contributed by atoms with Gasteiger partial charge in [-0.25, -0.2) is 0 Å². The van der Waals surface area contributed by atoms with Crippen molar-refractivity contribution in [1.29, 1.82) is 0 Å². The molecule has 4 N–H and O–H groups in total. The Hall–Kier alpha value is -3.48. The van der Waals surface area contributed by atoms with Crippen molar-refractivity contribution in [2.75, 3.05) is 13.2 Å². The fourth-order valence-electron chi connectivity index (χ4n) is 2.96. The highest BCUT2D eigenvalue weighted by atomic mass is 16.5. The molecule has 0 fully saturated rings. The first-order valence-electron chi connectivity index (χ1n) is 9.50. The van der Waals surface area contributed by atoms with E-state index >= 15 is 0 Å². The molecule has 1 atom stereocenters. The van der Waals surface area contributed by atoms with Gasteiger partial charge >= 0.3 is 0 Å². The highest BCUT2D eigenvalue weighted by Gasteiger charge is 2.11. The van der Waals surface area contributed by atoms with Crippen LogP contribution in [0.25, 0.3) is 0 Å². The SMILES string of the molecule is NC(=O)c1ccc(OCCNC(=O)c2ccc(OC3C=CCCC3)cc2)c(O)c1. The molecule has 0 radical (unpaired) electrons. The van der Waals surface area contributed by atoms with Crippen LogP contribution in [0.2, 0.25) is 0 Å². The van der Waals surface area contributed by atoms with Gasteiger partial charge in [0.2, 0.25) is 5.91 Å². The van der Waals surface area contributed by atoms with Crippen molar-refractivity contribution >= 4 is 11.8 Å². The van der Waals surface area contributed by atoms with Crippen LogP contribution in [0.4, 0.5) is 0 Å². The number of aromatic hydroxyl groups is 1. The number of benzene rings is 2. The molecule has 152 valence electrons. The lowest BCUT2D eigenvalue weighted by atomic mass is 10.1. The van der Waals surface area contributed by atoms with Gasteiger partial charge in [-0.2, -0.15) is 0 Å². The van der Waals surface area contributed by atoms with Crippen molar-refractivity contribution in [3.8, 4) is 17.2 Å². The van der Waals surface area contributed by atoms with E-state index in [1.54, 1.807) is 24.3 Å². The lowest BCUT2D eigenvalue weighted by Gasteiger charge is -2.18. The molecule has 0 heterocycles. The van der Waals surface area contributed by atoms with Gasteiger partial charge in [0.15, 0.2) is 11.5 Å². The van der Waals surface area contributed by atoms with E-state index in [4.69, 9.17) is 15.2 Å². The van der Waals surface area contributed by atoms with Crippen molar-refractivity contribution in [3.63, 3.8) is 0 Å². The van der Waals surface area contributed by atoms with Crippen LogP contribution in [0.3, 0.4) is 0 Å². The molecule has 1 aliphatic carbocycles. The van der Waals surface area contributed by atoms with Crippen molar-refractivity contribution in [3.05, 3.63) is 65.7 Å².